The van der Waals surface area contributed by atoms with Gasteiger partial charge in [0.15, 0.2) is 0 Å². The van der Waals surface area contributed by atoms with Gasteiger partial charge in [-0.1, -0.05) is 97.1 Å². The molecule has 27 heavy (non-hydrogen) atoms. The molecule has 0 atom stereocenters. The number of aryl methyl sites for hydroxylation is 2. The Morgan fingerprint density at radius 1 is 0.481 bits per heavy atom. The first-order valence-corrected chi connectivity index (χ1v) is 9.55. The number of fused-ring (bicyclic) bond motifs is 3. The van der Waals surface area contributed by atoms with Gasteiger partial charge in [0.2, 0.25) is 0 Å². The molecule has 0 heteroatoms. The van der Waals surface area contributed by atoms with Crippen LogP contribution in [0.5, 0.6) is 0 Å². The van der Waals surface area contributed by atoms with Gasteiger partial charge in [-0.2, -0.15) is 0 Å². The van der Waals surface area contributed by atoms with Crippen LogP contribution in [0.2, 0.25) is 0 Å². The molecule has 0 fully saturated rings. The van der Waals surface area contributed by atoms with Crippen molar-refractivity contribution in [1.82, 2.24) is 0 Å². The Morgan fingerprint density at radius 3 is 1.63 bits per heavy atom. The van der Waals surface area contributed by atoms with Crippen molar-refractivity contribution in [2.75, 3.05) is 0 Å². The number of hydrogen-bond acceptors (Lipinski definition) is 0. The van der Waals surface area contributed by atoms with Crippen molar-refractivity contribution in [3.05, 3.63) is 130 Å². The third kappa shape index (κ3) is 2.16. The monoisotopic (exact) mass is 346 g/mol. The number of hydrogen-bond donors (Lipinski definition) is 0. The van der Waals surface area contributed by atoms with Crippen LogP contribution < -0.4 is 0 Å². The molecule has 0 N–H and O–H groups in total. The van der Waals surface area contributed by atoms with Crippen LogP contribution in [0.25, 0.3) is 11.1 Å². The van der Waals surface area contributed by atoms with Crippen molar-refractivity contribution >= 4 is 0 Å². The maximum Gasteiger partial charge on any atom is 0.0713 e. The Labute approximate surface area is 161 Å². The molecule has 0 aromatic heterocycles. The van der Waals surface area contributed by atoms with Gasteiger partial charge in [0.25, 0.3) is 0 Å². The molecular formula is C27H22. The average Bonchev–Trinajstić information content (AvgIpc) is 3.00. The third-order valence-electron chi connectivity index (χ3n) is 6.07. The van der Waals surface area contributed by atoms with Gasteiger partial charge in [0.05, 0.1) is 5.41 Å². The fraction of sp³-hybridized carbons (Fsp3) is 0.111. The van der Waals surface area contributed by atoms with E-state index in [2.05, 4.69) is 111 Å². The fourth-order valence-corrected chi connectivity index (χ4v) is 4.70. The van der Waals surface area contributed by atoms with Crippen LogP contribution in [0.1, 0.15) is 33.4 Å². The van der Waals surface area contributed by atoms with E-state index in [1.54, 1.807) is 0 Å². The van der Waals surface area contributed by atoms with Crippen LogP contribution in [-0.2, 0) is 5.41 Å². The van der Waals surface area contributed by atoms with Crippen molar-refractivity contribution in [3.63, 3.8) is 0 Å². The molecule has 1 aliphatic rings. The predicted octanol–water partition coefficient (Wildman–Crippen LogP) is 6.67. The Kier molecular flexibility index (Phi) is 3.55. The molecule has 0 heterocycles. The van der Waals surface area contributed by atoms with Gasteiger partial charge in [-0.3, -0.25) is 0 Å². The highest BCUT2D eigenvalue weighted by molar-refractivity contribution is 5.86. The molecular weight excluding hydrogens is 324 g/mol. The first-order chi connectivity index (χ1) is 13.2. The van der Waals surface area contributed by atoms with E-state index in [9.17, 15) is 0 Å². The maximum absolute atomic E-state index is 2.41. The highest BCUT2D eigenvalue weighted by Crippen LogP contribution is 2.56. The summed E-state index contributed by atoms with van der Waals surface area (Å²) in [6.07, 6.45) is 0. The van der Waals surface area contributed by atoms with E-state index >= 15 is 0 Å². The van der Waals surface area contributed by atoms with E-state index in [1.165, 1.54) is 44.5 Å². The Bertz CT molecular complexity index is 1080. The molecule has 0 unspecified atom stereocenters. The summed E-state index contributed by atoms with van der Waals surface area (Å²) >= 11 is 0. The second-order valence-electron chi connectivity index (χ2n) is 7.51. The number of benzene rings is 4. The zero-order valence-corrected chi connectivity index (χ0v) is 15.7. The van der Waals surface area contributed by atoms with E-state index in [4.69, 9.17) is 0 Å². The summed E-state index contributed by atoms with van der Waals surface area (Å²) in [4.78, 5) is 0. The third-order valence-corrected chi connectivity index (χ3v) is 6.07. The van der Waals surface area contributed by atoms with Gasteiger partial charge in [0, 0.05) is 0 Å². The van der Waals surface area contributed by atoms with Crippen molar-refractivity contribution in [3.8, 4) is 11.1 Å². The minimum absolute atomic E-state index is 0.271. The van der Waals surface area contributed by atoms with Crippen LogP contribution in [0.15, 0.2) is 97.1 Å². The van der Waals surface area contributed by atoms with Gasteiger partial charge in [-0.15, -0.1) is 0 Å². The Morgan fingerprint density at radius 2 is 1.00 bits per heavy atom. The lowest BCUT2D eigenvalue weighted by Crippen LogP contribution is -2.28. The van der Waals surface area contributed by atoms with Crippen LogP contribution in [0, 0.1) is 13.8 Å². The van der Waals surface area contributed by atoms with Gasteiger partial charge in [-0.05, 0) is 58.4 Å². The minimum Gasteiger partial charge on any atom is -0.0622 e. The first kappa shape index (κ1) is 16.1. The Balaban J connectivity index is 1.99. The van der Waals surface area contributed by atoms with Crippen molar-refractivity contribution < 1.29 is 0 Å². The molecule has 0 saturated heterocycles. The molecule has 4 aromatic carbocycles. The zero-order chi connectivity index (χ0) is 18.4. The molecule has 0 spiro atoms. The summed E-state index contributed by atoms with van der Waals surface area (Å²) in [7, 11) is 0. The highest BCUT2D eigenvalue weighted by Gasteiger charge is 2.45. The summed E-state index contributed by atoms with van der Waals surface area (Å²) in [5.74, 6) is 0. The quantitative estimate of drug-likeness (QED) is 0.335. The lowest BCUT2D eigenvalue weighted by Gasteiger charge is -2.34. The molecule has 5 rings (SSSR count). The minimum atomic E-state index is -0.271. The SMILES string of the molecule is Cc1cc2c(cc1C)C(c1ccccc1)(c1ccccc1)c1ccccc1-2. The predicted molar refractivity (Wildman–Crippen MR) is 113 cm³/mol. The summed E-state index contributed by atoms with van der Waals surface area (Å²) in [6.45, 7) is 4.43. The van der Waals surface area contributed by atoms with Gasteiger partial charge in [0.1, 0.15) is 0 Å². The standard InChI is InChI=1S/C27H22/c1-19-17-24-23-15-9-10-16-25(23)27(26(24)18-20(19)2,21-11-5-3-6-12-21)22-13-7-4-8-14-22/h3-18H,1-2H3. The fourth-order valence-electron chi connectivity index (χ4n) is 4.70. The zero-order valence-electron chi connectivity index (χ0n) is 15.7. The van der Waals surface area contributed by atoms with Gasteiger partial charge in [-0.25, -0.2) is 0 Å². The summed E-state index contributed by atoms with van der Waals surface area (Å²) in [5, 5.41) is 0. The molecule has 0 saturated carbocycles. The topological polar surface area (TPSA) is 0 Å². The van der Waals surface area contributed by atoms with Crippen molar-refractivity contribution in [1.29, 1.82) is 0 Å². The van der Waals surface area contributed by atoms with Crippen molar-refractivity contribution in [2.24, 2.45) is 0 Å². The molecule has 4 aromatic rings. The average molecular weight is 346 g/mol. The van der Waals surface area contributed by atoms with E-state index in [1.807, 2.05) is 0 Å². The molecule has 0 radical (unpaired) electrons. The van der Waals surface area contributed by atoms with Crippen LogP contribution in [0.4, 0.5) is 0 Å². The summed E-state index contributed by atoms with van der Waals surface area (Å²) < 4.78 is 0. The molecule has 0 aliphatic heterocycles. The lowest BCUT2D eigenvalue weighted by atomic mass is 9.67. The largest absolute Gasteiger partial charge is 0.0713 e. The molecule has 0 bridgehead atoms. The molecule has 130 valence electrons. The van der Waals surface area contributed by atoms with E-state index in [-0.39, 0.29) is 5.41 Å². The Hall–Kier alpha value is -3.12. The van der Waals surface area contributed by atoms with Crippen molar-refractivity contribution in [2.45, 2.75) is 19.3 Å². The first-order valence-electron chi connectivity index (χ1n) is 9.55. The molecule has 1 aliphatic carbocycles. The summed E-state index contributed by atoms with van der Waals surface area (Å²) in [5.41, 5.74) is 10.6. The van der Waals surface area contributed by atoms with Crippen LogP contribution >= 0.6 is 0 Å². The number of rotatable bonds is 2. The molecule has 0 amide bonds. The maximum atomic E-state index is 2.41. The smallest absolute Gasteiger partial charge is 0.0622 e. The second kappa shape index (κ2) is 5.96. The second-order valence-corrected chi connectivity index (χ2v) is 7.51. The normalized spacial score (nSPS) is 13.9. The van der Waals surface area contributed by atoms with E-state index in [0.29, 0.717) is 0 Å². The van der Waals surface area contributed by atoms with Gasteiger partial charge < -0.3 is 0 Å². The van der Waals surface area contributed by atoms with Crippen LogP contribution in [-0.4, -0.2) is 0 Å². The van der Waals surface area contributed by atoms with Crippen LogP contribution in [0.3, 0.4) is 0 Å². The highest BCUT2D eigenvalue weighted by atomic mass is 14.5. The van der Waals surface area contributed by atoms with Gasteiger partial charge >= 0.3 is 0 Å². The summed E-state index contributed by atoms with van der Waals surface area (Å²) in [6, 6.07) is 35.6. The van der Waals surface area contributed by atoms with E-state index < -0.39 is 0 Å². The molecule has 0 nitrogen and oxygen atoms in total. The lowest BCUT2D eigenvalue weighted by molar-refractivity contribution is 0.767. The van der Waals surface area contributed by atoms with E-state index in [0.717, 1.165) is 0 Å².